The molecule has 0 spiro atoms. The lowest BCUT2D eigenvalue weighted by molar-refractivity contribution is 0.0953. The van der Waals surface area contributed by atoms with E-state index in [2.05, 4.69) is 10.5 Å². The highest BCUT2D eigenvalue weighted by molar-refractivity contribution is 5.96. The standard InChI is InChI=1S/C14H14N2O5/c1-7-5-10(8(2)21-7)14(20)16-15-6-9-3-4-11(17)13(19)12(9)18/h3-6,17-19H,1-2H3,(H,16,20). The van der Waals surface area contributed by atoms with Crippen LogP contribution in [-0.2, 0) is 0 Å². The molecule has 0 unspecified atom stereocenters. The van der Waals surface area contributed by atoms with Crippen LogP contribution in [0.2, 0.25) is 0 Å². The van der Waals surface area contributed by atoms with E-state index in [1.54, 1.807) is 19.9 Å². The van der Waals surface area contributed by atoms with Crippen molar-refractivity contribution in [2.75, 3.05) is 0 Å². The summed E-state index contributed by atoms with van der Waals surface area (Å²) >= 11 is 0. The predicted octanol–water partition coefficient (Wildman–Crippen LogP) is 1.78. The maximum atomic E-state index is 11.8. The lowest BCUT2D eigenvalue weighted by atomic mass is 10.2. The van der Waals surface area contributed by atoms with Crippen LogP contribution in [0.1, 0.15) is 27.4 Å². The number of hydrogen-bond acceptors (Lipinski definition) is 6. The second-order valence-electron chi connectivity index (χ2n) is 4.40. The molecule has 2 aromatic rings. The molecule has 0 aliphatic heterocycles. The summed E-state index contributed by atoms with van der Waals surface area (Å²) in [7, 11) is 0. The first kappa shape index (κ1) is 14.4. The summed E-state index contributed by atoms with van der Waals surface area (Å²) < 4.78 is 5.23. The van der Waals surface area contributed by atoms with Crippen molar-refractivity contribution in [1.82, 2.24) is 5.43 Å². The molecule has 0 radical (unpaired) electrons. The molecular weight excluding hydrogens is 276 g/mol. The van der Waals surface area contributed by atoms with E-state index in [1.807, 2.05) is 0 Å². The fourth-order valence-electron chi connectivity index (χ4n) is 1.77. The van der Waals surface area contributed by atoms with Gasteiger partial charge in [0.2, 0.25) is 5.75 Å². The number of hydrogen-bond donors (Lipinski definition) is 4. The summed E-state index contributed by atoms with van der Waals surface area (Å²) in [5, 5.41) is 31.8. The normalized spacial score (nSPS) is 11.0. The van der Waals surface area contributed by atoms with Gasteiger partial charge in [0.05, 0.1) is 11.8 Å². The molecule has 2 rings (SSSR count). The van der Waals surface area contributed by atoms with Gasteiger partial charge in [0.1, 0.15) is 11.5 Å². The third-order valence-electron chi connectivity index (χ3n) is 2.82. The molecule has 110 valence electrons. The van der Waals surface area contributed by atoms with E-state index in [0.717, 1.165) is 6.21 Å². The lowest BCUT2D eigenvalue weighted by Crippen LogP contribution is -2.17. The zero-order valence-corrected chi connectivity index (χ0v) is 11.4. The van der Waals surface area contributed by atoms with Crippen LogP contribution >= 0.6 is 0 Å². The Labute approximate surface area is 120 Å². The van der Waals surface area contributed by atoms with Gasteiger partial charge in [-0.15, -0.1) is 0 Å². The molecule has 1 aromatic carbocycles. The number of carbonyl (C=O) groups excluding carboxylic acids is 1. The number of hydrazone groups is 1. The number of aromatic hydroxyl groups is 3. The van der Waals surface area contributed by atoms with Gasteiger partial charge in [-0.1, -0.05) is 0 Å². The van der Waals surface area contributed by atoms with E-state index in [9.17, 15) is 20.1 Å². The molecule has 7 nitrogen and oxygen atoms in total. The molecule has 0 aliphatic rings. The van der Waals surface area contributed by atoms with Crippen molar-refractivity contribution in [1.29, 1.82) is 0 Å². The largest absolute Gasteiger partial charge is 0.504 e. The highest BCUT2D eigenvalue weighted by atomic mass is 16.3. The van der Waals surface area contributed by atoms with Crippen molar-refractivity contribution in [2.24, 2.45) is 5.10 Å². The predicted molar refractivity (Wildman–Crippen MR) is 74.7 cm³/mol. The maximum Gasteiger partial charge on any atom is 0.274 e. The van der Waals surface area contributed by atoms with Gasteiger partial charge < -0.3 is 19.7 Å². The van der Waals surface area contributed by atoms with Crippen LogP contribution in [0.15, 0.2) is 27.7 Å². The number of nitrogens with zero attached hydrogens (tertiary/aromatic N) is 1. The molecule has 0 aliphatic carbocycles. The maximum absolute atomic E-state index is 11.8. The minimum Gasteiger partial charge on any atom is -0.504 e. The quantitative estimate of drug-likeness (QED) is 0.390. The fraction of sp³-hybridized carbons (Fsp3) is 0.143. The molecule has 7 heteroatoms. The summed E-state index contributed by atoms with van der Waals surface area (Å²) in [6.07, 6.45) is 1.15. The number of furan rings is 1. The van der Waals surface area contributed by atoms with E-state index in [-0.39, 0.29) is 5.56 Å². The van der Waals surface area contributed by atoms with Crippen LogP contribution in [0.5, 0.6) is 17.2 Å². The van der Waals surface area contributed by atoms with Crippen LogP contribution in [-0.4, -0.2) is 27.4 Å². The highest BCUT2D eigenvalue weighted by Gasteiger charge is 2.13. The van der Waals surface area contributed by atoms with Crippen molar-refractivity contribution in [3.63, 3.8) is 0 Å². The first-order valence-electron chi connectivity index (χ1n) is 6.04. The Bertz CT molecular complexity index is 718. The Hall–Kier alpha value is -2.96. The van der Waals surface area contributed by atoms with Crippen molar-refractivity contribution < 1.29 is 24.5 Å². The minimum absolute atomic E-state index is 0.144. The third kappa shape index (κ3) is 2.97. The zero-order chi connectivity index (χ0) is 15.6. The van der Waals surface area contributed by atoms with E-state index in [4.69, 9.17) is 4.42 Å². The Morgan fingerprint density at radius 3 is 2.57 bits per heavy atom. The highest BCUT2D eigenvalue weighted by Crippen LogP contribution is 2.36. The first-order valence-corrected chi connectivity index (χ1v) is 6.04. The van der Waals surface area contributed by atoms with Gasteiger partial charge >= 0.3 is 0 Å². The lowest BCUT2D eigenvalue weighted by Gasteiger charge is -2.03. The summed E-state index contributed by atoms with van der Waals surface area (Å²) in [4.78, 5) is 11.8. The van der Waals surface area contributed by atoms with E-state index in [0.29, 0.717) is 17.1 Å². The van der Waals surface area contributed by atoms with Gasteiger partial charge in [-0.2, -0.15) is 5.10 Å². The van der Waals surface area contributed by atoms with Crippen LogP contribution in [0.3, 0.4) is 0 Å². The molecule has 21 heavy (non-hydrogen) atoms. The zero-order valence-electron chi connectivity index (χ0n) is 11.4. The average molecular weight is 290 g/mol. The van der Waals surface area contributed by atoms with E-state index < -0.39 is 23.2 Å². The Morgan fingerprint density at radius 1 is 1.24 bits per heavy atom. The number of rotatable bonds is 3. The Kier molecular flexibility index (Phi) is 3.84. The fourth-order valence-corrected chi connectivity index (χ4v) is 1.77. The second-order valence-corrected chi connectivity index (χ2v) is 4.40. The molecule has 0 saturated heterocycles. The number of aryl methyl sites for hydroxylation is 2. The third-order valence-corrected chi connectivity index (χ3v) is 2.82. The Balaban J connectivity index is 2.11. The molecule has 1 aromatic heterocycles. The monoisotopic (exact) mass is 290 g/mol. The van der Waals surface area contributed by atoms with Gasteiger partial charge in [0.25, 0.3) is 5.91 Å². The number of nitrogens with one attached hydrogen (secondary N) is 1. The van der Waals surface area contributed by atoms with E-state index >= 15 is 0 Å². The van der Waals surface area contributed by atoms with Crippen LogP contribution in [0, 0.1) is 13.8 Å². The first-order chi connectivity index (χ1) is 9.90. The van der Waals surface area contributed by atoms with Crippen molar-refractivity contribution >= 4 is 12.1 Å². The molecule has 4 N–H and O–H groups in total. The van der Waals surface area contributed by atoms with Gasteiger partial charge in [-0.25, -0.2) is 5.43 Å². The van der Waals surface area contributed by atoms with Crippen LogP contribution in [0.25, 0.3) is 0 Å². The van der Waals surface area contributed by atoms with Crippen molar-refractivity contribution in [3.05, 3.63) is 40.8 Å². The molecular formula is C14H14N2O5. The van der Waals surface area contributed by atoms with E-state index in [1.165, 1.54) is 12.1 Å². The number of phenolic OH excluding ortho intramolecular Hbond substituents is 3. The van der Waals surface area contributed by atoms with Gasteiger partial charge in [0, 0.05) is 5.56 Å². The van der Waals surface area contributed by atoms with Crippen molar-refractivity contribution in [3.8, 4) is 17.2 Å². The average Bonchev–Trinajstić information content (AvgIpc) is 2.77. The number of phenols is 3. The SMILES string of the molecule is Cc1cc(C(=O)NN=Cc2ccc(O)c(O)c2O)c(C)o1. The molecule has 0 fully saturated rings. The summed E-state index contributed by atoms with van der Waals surface area (Å²) in [5.41, 5.74) is 2.79. The van der Waals surface area contributed by atoms with Gasteiger partial charge in [-0.05, 0) is 32.0 Å². The van der Waals surface area contributed by atoms with Gasteiger partial charge in [-0.3, -0.25) is 4.79 Å². The minimum atomic E-state index is -0.647. The summed E-state index contributed by atoms with van der Waals surface area (Å²) in [5.74, 6) is -0.982. The van der Waals surface area contributed by atoms with Crippen molar-refractivity contribution in [2.45, 2.75) is 13.8 Å². The number of amides is 1. The second kappa shape index (κ2) is 5.58. The topological polar surface area (TPSA) is 115 Å². The number of carbonyl (C=O) groups is 1. The van der Waals surface area contributed by atoms with Crippen LogP contribution in [0.4, 0.5) is 0 Å². The number of benzene rings is 1. The molecule has 1 heterocycles. The molecule has 1 amide bonds. The molecule has 0 saturated carbocycles. The molecule has 0 bridgehead atoms. The summed E-state index contributed by atoms with van der Waals surface area (Å²) in [6, 6.07) is 4.12. The van der Waals surface area contributed by atoms with Crippen LogP contribution < -0.4 is 5.43 Å². The molecule has 0 atom stereocenters. The smallest absolute Gasteiger partial charge is 0.274 e. The Morgan fingerprint density at radius 2 is 1.95 bits per heavy atom. The van der Waals surface area contributed by atoms with Gasteiger partial charge in [0.15, 0.2) is 11.5 Å². The summed E-state index contributed by atoms with van der Waals surface area (Å²) in [6.45, 7) is 3.39.